The Morgan fingerprint density at radius 3 is 3.00 bits per heavy atom. The summed E-state index contributed by atoms with van der Waals surface area (Å²) in [4.78, 5) is 3.43. The molecule has 1 aromatic heterocycles. The lowest BCUT2D eigenvalue weighted by Gasteiger charge is -2.22. The van der Waals surface area contributed by atoms with Crippen molar-refractivity contribution in [3.05, 3.63) is 42.1 Å². The highest BCUT2D eigenvalue weighted by Crippen LogP contribution is 2.34. The van der Waals surface area contributed by atoms with E-state index in [1.165, 1.54) is 22.2 Å². The van der Waals surface area contributed by atoms with Gasteiger partial charge in [0.25, 0.3) is 0 Å². The number of fused-ring (bicyclic) bond motifs is 3. The van der Waals surface area contributed by atoms with Crippen LogP contribution in [-0.4, -0.2) is 11.5 Å². The first-order valence-corrected chi connectivity index (χ1v) is 5.31. The van der Waals surface area contributed by atoms with Gasteiger partial charge < -0.3 is 10.3 Å². The summed E-state index contributed by atoms with van der Waals surface area (Å²) >= 11 is 0. The van der Waals surface area contributed by atoms with Crippen LogP contribution in [0.15, 0.2) is 30.8 Å². The van der Waals surface area contributed by atoms with Crippen molar-refractivity contribution >= 4 is 16.6 Å². The highest BCUT2D eigenvalue weighted by Gasteiger charge is 2.22. The fourth-order valence-corrected chi connectivity index (χ4v) is 2.38. The quantitative estimate of drug-likeness (QED) is 0.669. The molecule has 2 aromatic rings. The number of hydrogen-bond acceptors (Lipinski definition) is 1. The summed E-state index contributed by atoms with van der Waals surface area (Å²) in [5, 5.41) is 4.66. The summed E-state index contributed by atoms with van der Waals surface area (Å²) in [7, 11) is 0. The van der Waals surface area contributed by atoms with Crippen LogP contribution in [0.3, 0.4) is 0 Å². The van der Waals surface area contributed by atoms with Gasteiger partial charge in [0.15, 0.2) is 0 Å². The van der Waals surface area contributed by atoms with Crippen LogP contribution in [0.25, 0.3) is 16.6 Å². The molecule has 0 radical (unpaired) electrons. The van der Waals surface area contributed by atoms with E-state index in [1.54, 1.807) is 0 Å². The van der Waals surface area contributed by atoms with Crippen molar-refractivity contribution in [2.45, 2.75) is 12.8 Å². The monoisotopic (exact) mass is 198 g/mol. The Morgan fingerprint density at radius 2 is 2.13 bits per heavy atom. The summed E-state index contributed by atoms with van der Waals surface area (Å²) in [6.45, 7) is 7.27. The molecule has 0 saturated heterocycles. The van der Waals surface area contributed by atoms with Crippen molar-refractivity contribution in [2.24, 2.45) is 0 Å². The average molecular weight is 198 g/mol. The van der Waals surface area contributed by atoms with Gasteiger partial charge in [-0.15, -0.1) is 0 Å². The predicted molar refractivity (Wildman–Crippen MR) is 63.8 cm³/mol. The van der Waals surface area contributed by atoms with E-state index >= 15 is 0 Å². The second-order valence-corrected chi connectivity index (χ2v) is 4.22. The standard InChI is InChI=1S/C13H14N2/c1-8-7-14-9(2)13-12(8)10-5-3-4-6-11(10)15-13/h3-6,8,14-15H,2,7H2,1H3. The van der Waals surface area contributed by atoms with Crippen molar-refractivity contribution in [1.29, 1.82) is 0 Å². The SMILES string of the molecule is C=C1NCC(C)c2c1[nH]c1ccccc21. The lowest BCUT2D eigenvalue weighted by molar-refractivity contribution is 0.688. The van der Waals surface area contributed by atoms with Crippen LogP contribution in [0.5, 0.6) is 0 Å². The number of hydrogen-bond donors (Lipinski definition) is 2. The van der Waals surface area contributed by atoms with Gasteiger partial charge in [0, 0.05) is 23.4 Å². The van der Waals surface area contributed by atoms with Gasteiger partial charge in [-0.2, -0.15) is 0 Å². The lowest BCUT2D eigenvalue weighted by atomic mass is 9.93. The Kier molecular flexibility index (Phi) is 1.66. The number of H-pyrrole nitrogens is 1. The summed E-state index contributed by atoms with van der Waals surface area (Å²) in [6.07, 6.45) is 0. The van der Waals surface area contributed by atoms with Gasteiger partial charge in [0.1, 0.15) is 0 Å². The van der Waals surface area contributed by atoms with Crippen molar-refractivity contribution in [1.82, 2.24) is 10.3 Å². The molecule has 1 atom stereocenters. The van der Waals surface area contributed by atoms with E-state index in [9.17, 15) is 0 Å². The Balaban J connectivity index is 2.38. The fraction of sp³-hybridized carbons (Fsp3) is 0.231. The molecule has 2 N–H and O–H groups in total. The van der Waals surface area contributed by atoms with E-state index in [1.807, 2.05) is 0 Å². The van der Waals surface area contributed by atoms with Crippen LogP contribution in [-0.2, 0) is 0 Å². The largest absolute Gasteiger partial charge is 0.383 e. The number of benzene rings is 1. The maximum Gasteiger partial charge on any atom is 0.0656 e. The zero-order valence-corrected chi connectivity index (χ0v) is 8.80. The van der Waals surface area contributed by atoms with E-state index in [-0.39, 0.29) is 0 Å². The highest BCUT2D eigenvalue weighted by atomic mass is 14.9. The van der Waals surface area contributed by atoms with E-state index in [0.29, 0.717) is 5.92 Å². The van der Waals surface area contributed by atoms with Gasteiger partial charge in [0.05, 0.1) is 11.4 Å². The minimum atomic E-state index is 0.543. The minimum absolute atomic E-state index is 0.543. The van der Waals surface area contributed by atoms with E-state index < -0.39 is 0 Å². The van der Waals surface area contributed by atoms with Gasteiger partial charge in [-0.25, -0.2) is 0 Å². The maximum absolute atomic E-state index is 4.04. The Hall–Kier alpha value is -1.70. The number of nitrogens with one attached hydrogen (secondary N) is 2. The van der Waals surface area contributed by atoms with Crippen molar-refractivity contribution in [2.75, 3.05) is 6.54 Å². The lowest BCUT2D eigenvalue weighted by Crippen LogP contribution is -2.24. The van der Waals surface area contributed by atoms with E-state index in [0.717, 1.165) is 12.2 Å². The topological polar surface area (TPSA) is 27.8 Å². The smallest absolute Gasteiger partial charge is 0.0656 e. The fourth-order valence-electron chi connectivity index (χ4n) is 2.38. The van der Waals surface area contributed by atoms with Crippen LogP contribution < -0.4 is 5.32 Å². The Morgan fingerprint density at radius 1 is 1.33 bits per heavy atom. The molecule has 0 aliphatic carbocycles. The number of rotatable bonds is 0. The molecule has 76 valence electrons. The van der Waals surface area contributed by atoms with Gasteiger partial charge in [-0.1, -0.05) is 31.7 Å². The van der Waals surface area contributed by atoms with E-state index in [2.05, 4.69) is 48.1 Å². The molecule has 0 amide bonds. The predicted octanol–water partition coefficient (Wildman–Crippen LogP) is 2.85. The number of aromatic nitrogens is 1. The highest BCUT2D eigenvalue weighted by molar-refractivity contribution is 5.90. The van der Waals surface area contributed by atoms with Gasteiger partial charge in [-0.05, 0) is 11.6 Å². The average Bonchev–Trinajstić information content (AvgIpc) is 2.64. The Bertz CT molecular complexity index is 536. The molecule has 2 heterocycles. The van der Waals surface area contributed by atoms with Gasteiger partial charge >= 0.3 is 0 Å². The summed E-state index contributed by atoms with van der Waals surface area (Å²) in [6, 6.07) is 8.45. The number of aromatic amines is 1. The van der Waals surface area contributed by atoms with Crippen LogP contribution in [0.1, 0.15) is 24.1 Å². The maximum atomic E-state index is 4.04. The van der Waals surface area contributed by atoms with Gasteiger partial charge in [-0.3, -0.25) is 0 Å². The van der Waals surface area contributed by atoms with Crippen molar-refractivity contribution in [3.63, 3.8) is 0 Å². The van der Waals surface area contributed by atoms with Crippen LogP contribution in [0.4, 0.5) is 0 Å². The van der Waals surface area contributed by atoms with Gasteiger partial charge in [0.2, 0.25) is 0 Å². The molecule has 1 aliphatic rings. The first-order chi connectivity index (χ1) is 7.27. The molecule has 1 unspecified atom stereocenters. The second kappa shape index (κ2) is 2.89. The normalized spacial score (nSPS) is 20.1. The molecule has 15 heavy (non-hydrogen) atoms. The molecule has 0 fully saturated rings. The summed E-state index contributed by atoms with van der Waals surface area (Å²) in [5.74, 6) is 0.543. The third-order valence-electron chi connectivity index (χ3n) is 3.16. The third-order valence-corrected chi connectivity index (χ3v) is 3.16. The van der Waals surface area contributed by atoms with Crippen LogP contribution in [0, 0.1) is 0 Å². The molecule has 1 aromatic carbocycles. The summed E-state index contributed by atoms with van der Waals surface area (Å²) in [5.41, 5.74) is 4.81. The van der Waals surface area contributed by atoms with Crippen molar-refractivity contribution in [3.8, 4) is 0 Å². The molecule has 0 spiro atoms. The molecular weight excluding hydrogens is 184 g/mol. The molecule has 3 rings (SSSR count). The van der Waals surface area contributed by atoms with Crippen LogP contribution >= 0.6 is 0 Å². The second-order valence-electron chi connectivity index (χ2n) is 4.22. The zero-order chi connectivity index (χ0) is 10.4. The molecular formula is C13H14N2. The number of para-hydroxylation sites is 1. The molecule has 0 bridgehead atoms. The third kappa shape index (κ3) is 1.11. The summed E-state index contributed by atoms with van der Waals surface area (Å²) < 4.78 is 0. The first kappa shape index (κ1) is 8.60. The van der Waals surface area contributed by atoms with E-state index in [4.69, 9.17) is 0 Å². The van der Waals surface area contributed by atoms with Crippen molar-refractivity contribution < 1.29 is 0 Å². The molecule has 2 nitrogen and oxygen atoms in total. The molecule has 0 saturated carbocycles. The Labute approximate surface area is 89.0 Å². The zero-order valence-electron chi connectivity index (χ0n) is 8.80. The first-order valence-electron chi connectivity index (χ1n) is 5.31. The minimum Gasteiger partial charge on any atom is -0.383 e. The molecule has 1 aliphatic heterocycles. The molecule has 2 heteroatoms. The van der Waals surface area contributed by atoms with Crippen LogP contribution in [0.2, 0.25) is 0 Å².